The standard InChI is InChI=1S/C24H19N5O6S/c30-18-6-2-5-17-20(18)19(14-3-1-4-16(11-14)29(34)35)21-22(25-17)26-24(27-23(21)31)36-12-13-7-9-15(10-8-13)28(32)33/h1,3-4,7-11,19H,2,5-6,12H2,(H2,25,26,27,31). The number of Topliss-reactive ketones (excluding diaryl/α,β-unsaturated/α-hetero) is 1. The molecule has 1 atom stereocenters. The van der Waals surface area contributed by atoms with Crippen molar-refractivity contribution in [1.82, 2.24) is 9.97 Å². The number of benzene rings is 2. The molecule has 1 aromatic heterocycles. The Bertz CT molecular complexity index is 1500. The van der Waals surface area contributed by atoms with E-state index in [-0.39, 0.29) is 22.7 Å². The van der Waals surface area contributed by atoms with Gasteiger partial charge in [-0.25, -0.2) is 4.98 Å². The number of fused-ring (bicyclic) bond motifs is 1. The monoisotopic (exact) mass is 505 g/mol. The molecule has 0 radical (unpaired) electrons. The van der Waals surface area contributed by atoms with Gasteiger partial charge in [0.15, 0.2) is 10.9 Å². The van der Waals surface area contributed by atoms with Crippen molar-refractivity contribution in [3.8, 4) is 0 Å². The number of nitrogens with zero attached hydrogens (tertiary/aromatic N) is 3. The molecule has 182 valence electrons. The molecule has 1 aliphatic heterocycles. The van der Waals surface area contributed by atoms with Gasteiger partial charge < -0.3 is 10.3 Å². The van der Waals surface area contributed by atoms with Crippen LogP contribution in [0.5, 0.6) is 0 Å². The van der Waals surface area contributed by atoms with Gasteiger partial charge >= 0.3 is 0 Å². The minimum Gasteiger partial charge on any atom is -0.343 e. The average molecular weight is 506 g/mol. The average Bonchev–Trinajstić information content (AvgIpc) is 2.86. The van der Waals surface area contributed by atoms with Gasteiger partial charge in [0.05, 0.1) is 15.4 Å². The summed E-state index contributed by atoms with van der Waals surface area (Å²) >= 11 is 1.26. The van der Waals surface area contributed by atoms with Crippen LogP contribution in [0, 0.1) is 20.2 Å². The molecule has 11 nitrogen and oxygen atoms in total. The van der Waals surface area contributed by atoms with Crippen LogP contribution in [0.25, 0.3) is 0 Å². The molecule has 2 aliphatic rings. The van der Waals surface area contributed by atoms with Gasteiger partial charge in [0.1, 0.15) is 5.82 Å². The van der Waals surface area contributed by atoms with Crippen LogP contribution in [-0.4, -0.2) is 25.6 Å². The predicted octanol–water partition coefficient (Wildman–Crippen LogP) is 4.44. The quantitative estimate of drug-likeness (QED) is 0.213. The van der Waals surface area contributed by atoms with Crippen molar-refractivity contribution in [3.05, 3.63) is 107 Å². The molecule has 1 aliphatic carbocycles. The predicted molar refractivity (Wildman–Crippen MR) is 132 cm³/mol. The highest BCUT2D eigenvalue weighted by Crippen LogP contribution is 2.44. The van der Waals surface area contributed by atoms with Gasteiger partial charge in [-0.2, -0.15) is 0 Å². The zero-order valence-electron chi connectivity index (χ0n) is 18.7. The van der Waals surface area contributed by atoms with Gasteiger partial charge in [-0.3, -0.25) is 29.8 Å². The summed E-state index contributed by atoms with van der Waals surface area (Å²) in [4.78, 5) is 54.8. The second-order valence-corrected chi connectivity index (χ2v) is 9.39. The lowest BCUT2D eigenvalue weighted by Crippen LogP contribution is -2.32. The number of aromatic amines is 1. The third-order valence-corrected chi connectivity index (χ3v) is 7.12. The van der Waals surface area contributed by atoms with Crippen LogP contribution < -0.4 is 10.9 Å². The Labute approximate surface area is 208 Å². The summed E-state index contributed by atoms with van der Waals surface area (Å²) in [5, 5.41) is 25.7. The number of aromatic nitrogens is 2. The zero-order chi connectivity index (χ0) is 25.4. The maximum absolute atomic E-state index is 13.3. The third kappa shape index (κ3) is 4.38. The number of nitro benzene ring substituents is 2. The number of nitrogens with one attached hydrogen (secondary N) is 2. The maximum atomic E-state index is 13.3. The number of hydrogen-bond donors (Lipinski definition) is 2. The molecular weight excluding hydrogens is 486 g/mol. The summed E-state index contributed by atoms with van der Waals surface area (Å²) < 4.78 is 0. The van der Waals surface area contributed by atoms with Gasteiger partial charge in [-0.05, 0) is 24.0 Å². The van der Waals surface area contributed by atoms with E-state index in [0.717, 1.165) is 5.56 Å². The lowest BCUT2D eigenvalue weighted by atomic mass is 9.76. The number of anilines is 1. The SMILES string of the molecule is O=C1CCCC2=C1C(c1cccc([N+](=O)[O-])c1)c1c(nc(SCc3ccc([N+](=O)[O-])cc3)[nH]c1=O)N2. The Morgan fingerprint density at radius 1 is 1.00 bits per heavy atom. The summed E-state index contributed by atoms with van der Waals surface area (Å²) in [7, 11) is 0. The number of H-pyrrole nitrogens is 1. The molecule has 12 heteroatoms. The van der Waals surface area contributed by atoms with E-state index in [9.17, 15) is 29.8 Å². The fourth-order valence-corrected chi connectivity index (χ4v) is 5.34. The lowest BCUT2D eigenvalue weighted by molar-refractivity contribution is -0.385. The molecule has 2 N–H and O–H groups in total. The van der Waals surface area contributed by atoms with Gasteiger partial charge in [0, 0.05) is 53.6 Å². The van der Waals surface area contributed by atoms with Crippen molar-refractivity contribution in [1.29, 1.82) is 0 Å². The number of hydrogen-bond acceptors (Lipinski definition) is 9. The third-order valence-electron chi connectivity index (χ3n) is 6.17. The van der Waals surface area contributed by atoms with Crippen LogP contribution in [-0.2, 0) is 10.5 Å². The first-order valence-electron chi connectivity index (χ1n) is 11.1. The van der Waals surface area contributed by atoms with E-state index in [0.29, 0.717) is 52.8 Å². The molecule has 36 heavy (non-hydrogen) atoms. The highest BCUT2D eigenvalue weighted by Gasteiger charge is 2.38. The number of carbonyl (C=O) groups excluding carboxylic acids is 1. The minimum absolute atomic E-state index is 0.00781. The highest BCUT2D eigenvalue weighted by molar-refractivity contribution is 7.98. The number of non-ortho nitro benzene ring substituents is 2. The van der Waals surface area contributed by atoms with Crippen molar-refractivity contribution in [2.75, 3.05) is 5.32 Å². The van der Waals surface area contributed by atoms with Crippen LogP contribution in [0.1, 0.15) is 41.9 Å². The Hall–Kier alpha value is -4.32. The van der Waals surface area contributed by atoms with Gasteiger partial charge in [-0.1, -0.05) is 36.0 Å². The molecule has 0 saturated carbocycles. The van der Waals surface area contributed by atoms with E-state index in [1.54, 1.807) is 24.3 Å². The number of nitro groups is 2. The zero-order valence-corrected chi connectivity index (χ0v) is 19.5. The Balaban J connectivity index is 1.52. The van der Waals surface area contributed by atoms with Gasteiger partial charge in [0.25, 0.3) is 16.9 Å². The molecule has 0 saturated heterocycles. The molecular formula is C24H19N5O6S. The first-order chi connectivity index (χ1) is 17.3. The number of carbonyl (C=O) groups is 1. The minimum atomic E-state index is -0.770. The summed E-state index contributed by atoms with van der Waals surface area (Å²) in [6.07, 6.45) is 1.61. The van der Waals surface area contributed by atoms with Crippen molar-refractivity contribution < 1.29 is 14.6 Å². The van der Waals surface area contributed by atoms with Crippen LogP contribution >= 0.6 is 11.8 Å². The van der Waals surface area contributed by atoms with E-state index < -0.39 is 21.3 Å². The maximum Gasteiger partial charge on any atom is 0.269 e. The van der Waals surface area contributed by atoms with E-state index in [4.69, 9.17) is 0 Å². The van der Waals surface area contributed by atoms with Crippen LogP contribution in [0.15, 0.2) is 69.8 Å². The molecule has 2 aromatic carbocycles. The van der Waals surface area contributed by atoms with Crippen LogP contribution in [0.3, 0.4) is 0 Å². The van der Waals surface area contributed by atoms with Gasteiger partial charge in [-0.15, -0.1) is 0 Å². The number of allylic oxidation sites excluding steroid dienone is 2. The Morgan fingerprint density at radius 3 is 2.47 bits per heavy atom. The molecule has 2 heterocycles. The van der Waals surface area contributed by atoms with Crippen LogP contribution in [0.2, 0.25) is 0 Å². The van der Waals surface area contributed by atoms with Crippen LogP contribution in [0.4, 0.5) is 17.2 Å². The van der Waals surface area contributed by atoms with E-state index in [1.807, 2.05) is 0 Å². The van der Waals surface area contributed by atoms with E-state index >= 15 is 0 Å². The molecule has 3 aromatic rings. The van der Waals surface area contributed by atoms with Gasteiger partial charge in [0.2, 0.25) is 0 Å². The first-order valence-corrected chi connectivity index (χ1v) is 12.1. The summed E-state index contributed by atoms with van der Waals surface area (Å²) in [5.41, 5.74) is 2.09. The van der Waals surface area contributed by atoms with Crippen molar-refractivity contribution in [2.24, 2.45) is 0 Å². The molecule has 0 bridgehead atoms. The van der Waals surface area contributed by atoms with E-state index in [1.165, 1.54) is 36.0 Å². The number of thioether (sulfide) groups is 1. The smallest absolute Gasteiger partial charge is 0.269 e. The molecule has 0 fully saturated rings. The second kappa shape index (κ2) is 9.38. The first kappa shape index (κ1) is 23.4. The normalized spacial score (nSPS) is 16.7. The molecule has 1 unspecified atom stereocenters. The topological polar surface area (TPSA) is 161 Å². The van der Waals surface area contributed by atoms with Crippen molar-refractivity contribution in [2.45, 2.75) is 36.1 Å². The largest absolute Gasteiger partial charge is 0.343 e. The number of rotatable bonds is 6. The molecule has 0 amide bonds. The lowest BCUT2D eigenvalue weighted by Gasteiger charge is -2.32. The molecule has 0 spiro atoms. The summed E-state index contributed by atoms with van der Waals surface area (Å²) in [6, 6.07) is 12.1. The van der Waals surface area contributed by atoms with E-state index in [2.05, 4.69) is 15.3 Å². The fraction of sp³-hybridized carbons (Fsp3) is 0.208. The summed E-state index contributed by atoms with van der Waals surface area (Å²) in [6.45, 7) is 0. The van der Waals surface area contributed by atoms with Crippen molar-refractivity contribution in [3.63, 3.8) is 0 Å². The molecule has 5 rings (SSSR count). The summed E-state index contributed by atoms with van der Waals surface area (Å²) in [5.74, 6) is -0.133. The fourth-order valence-electron chi connectivity index (χ4n) is 4.53. The Morgan fingerprint density at radius 2 is 1.75 bits per heavy atom. The van der Waals surface area contributed by atoms with Crippen molar-refractivity contribution >= 4 is 34.7 Å². The second-order valence-electron chi connectivity index (χ2n) is 8.42. The Kier molecular flexibility index (Phi) is 6.10. The number of ketones is 1. The highest BCUT2D eigenvalue weighted by atomic mass is 32.2.